The van der Waals surface area contributed by atoms with Crippen LogP contribution in [0.25, 0.3) is 0 Å². The summed E-state index contributed by atoms with van der Waals surface area (Å²) in [5, 5.41) is 42.8. The van der Waals surface area contributed by atoms with Crippen molar-refractivity contribution in [1.29, 1.82) is 0 Å². The first-order chi connectivity index (χ1) is 14.8. The van der Waals surface area contributed by atoms with Gasteiger partial charge >= 0.3 is 17.9 Å². The van der Waals surface area contributed by atoms with Crippen molar-refractivity contribution >= 4 is 48.3 Å². The molecule has 14 nitrogen and oxygen atoms in total. The second kappa shape index (κ2) is 14.2. The highest BCUT2D eigenvalue weighted by atomic mass is 32.1. The molecule has 0 rings (SSSR count). The van der Waals surface area contributed by atoms with Gasteiger partial charge in [-0.2, -0.15) is 12.6 Å². The molecule has 0 aromatic rings. The quantitative estimate of drug-likeness (QED) is 0.106. The number of hydrogen-bond acceptors (Lipinski definition) is 9. The third-order valence-corrected chi connectivity index (χ3v) is 4.51. The molecule has 0 aliphatic heterocycles. The third-order valence-electron chi connectivity index (χ3n) is 4.15. The summed E-state index contributed by atoms with van der Waals surface area (Å²) in [4.78, 5) is 69.6. The zero-order valence-corrected chi connectivity index (χ0v) is 18.1. The van der Waals surface area contributed by atoms with Gasteiger partial charge in [-0.3, -0.25) is 24.0 Å². The number of rotatable bonds is 15. The largest absolute Gasteiger partial charge is 0.481 e. The van der Waals surface area contributed by atoms with E-state index in [9.17, 15) is 33.9 Å². The Labute approximate surface area is 188 Å². The van der Waals surface area contributed by atoms with E-state index in [0.717, 1.165) is 6.92 Å². The SMILES string of the molecule is CC(O)C(NC(=O)C(N)CCC(=O)O)C(=O)NC(CCC(=O)O)C(=O)NC(CS)C(=O)O. The number of nitrogens with two attached hydrogens (primary N) is 1. The average molecular weight is 480 g/mol. The molecule has 0 saturated carbocycles. The summed E-state index contributed by atoms with van der Waals surface area (Å²) in [6.07, 6.45) is -3.09. The Morgan fingerprint density at radius 1 is 0.812 bits per heavy atom. The van der Waals surface area contributed by atoms with E-state index in [-0.39, 0.29) is 12.2 Å². The van der Waals surface area contributed by atoms with Crippen LogP contribution in [0, 0.1) is 0 Å². The van der Waals surface area contributed by atoms with Crippen molar-refractivity contribution in [3.63, 3.8) is 0 Å². The van der Waals surface area contributed by atoms with Crippen LogP contribution in [0.5, 0.6) is 0 Å². The molecule has 0 bridgehead atoms. The monoisotopic (exact) mass is 480 g/mol. The fraction of sp³-hybridized carbons (Fsp3) is 0.647. The molecule has 0 fully saturated rings. The molecule has 0 aliphatic rings. The van der Waals surface area contributed by atoms with Crippen LogP contribution in [0.4, 0.5) is 0 Å². The number of carboxylic acid groups (broad SMARTS) is 3. The van der Waals surface area contributed by atoms with Gasteiger partial charge in [0.15, 0.2) is 0 Å². The van der Waals surface area contributed by atoms with Crippen LogP contribution in [0.1, 0.15) is 32.6 Å². The van der Waals surface area contributed by atoms with Gasteiger partial charge in [-0.25, -0.2) is 4.79 Å². The van der Waals surface area contributed by atoms with Crippen LogP contribution in [0.15, 0.2) is 0 Å². The highest BCUT2D eigenvalue weighted by Gasteiger charge is 2.32. The molecule has 0 spiro atoms. The van der Waals surface area contributed by atoms with Gasteiger partial charge in [0.1, 0.15) is 18.1 Å². The summed E-state index contributed by atoms with van der Waals surface area (Å²) in [5.74, 6) is -7.16. The fourth-order valence-electron chi connectivity index (χ4n) is 2.33. The fourth-order valence-corrected chi connectivity index (χ4v) is 2.58. The normalized spacial score (nSPS) is 15.4. The first kappa shape index (κ1) is 29.1. The zero-order chi connectivity index (χ0) is 25.0. The molecule has 5 unspecified atom stereocenters. The third kappa shape index (κ3) is 10.9. The second-order valence-electron chi connectivity index (χ2n) is 6.84. The Kier molecular flexibility index (Phi) is 12.9. The summed E-state index contributed by atoms with van der Waals surface area (Å²) in [7, 11) is 0. The summed E-state index contributed by atoms with van der Waals surface area (Å²) >= 11 is 3.79. The lowest BCUT2D eigenvalue weighted by Gasteiger charge is -2.26. The van der Waals surface area contributed by atoms with Gasteiger partial charge in [0, 0.05) is 18.6 Å². The summed E-state index contributed by atoms with van der Waals surface area (Å²) in [5.41, 5.74) is 5.56. The smallest absolute Gasteiger partial charge is 0.327 e. The van der Waals surface area contributed by atoms with Crippen LogP contribution in [-0.2, 0) is 28.8 Å². The molecule has 0 aromatic heterocycles. The van der Waals surface area contributed by atoms with Gasteiger partial charge in [0.2, 0.25) is 17.7 Å². The number of nitrogens with one attached hydrogen (secondary N) is 3. The van der Waals surface area contributed by atoms with Gasteiger partial charge < -0.3 is 42.1 Å². The summed E-state index contributed by atoms with van der Waals surface area (Å²) in [6, 6.07) is -5.81. The molecule has 0 saturated heterocycles. The maximum Gasteiger partial charge on any atom is 0.327 e. The number of aliphatic carboxylic acids is 3. The highest BCUT2D eigenvalue weighted by molar-refractivity contribution is 7.80. The van der Waals surface area contributed by atoms with Gasteiger partial charge in [-0.15, -0.1) is 0 Å². The second-order valence-corrected chi connectivity index (χ2v) is 7.21. The van der Waals surface area contributed by atoms with Gasteiger partial charge in [0.05, 0.1) is 12.1 Å². The number of hydrogen-bond donors (Lipinski definition) is 9. The molecule has 9 N–H and O–H groups in total. The average Bonchev–Trinajstić information content (AvgIpc) is 2.69. The predicted molar refractivity (Wildman–Crippen MR) is 111 cm³/mol. The minimum Gasteiger partial charge on any atom is -0.481 e. The van der Waals surface area contributed by atoms with Gasteiger partial charge in [-0.1, -0.05) is 0 Å². The Bertz CT molecular complexity index is 717. The van der Waals surface area contributed by atoms with E-state index in [4.69, 9.17) is 21.1 Å². The number of carbonyl (C=O) groups is 6. The maximum absolute atomic E-state index is 12.6. The maximum atomic E-state index is 12.6. The van der Waals surface area contributed by atoms with E-state index in [1.165, 1.54) is 0 Å². The lowest BCUT2D eigenvalue weighted by atomic mass is 10.1. The van der Waals surface area contributed by atoms with E-state index < -0.39 is 85.2 Å². The minimum absolute atomic E-state index is 0.237. The first-order valence-corrected chi connectivity index (χ1v) is 10.0. The molecular weight excluding hydrogens is 452 g/mol. The van der Waals surface area contributed by atoms with Crippen LogP contribution in [-0.4, -0.2) is 92.1 Å². The summed E-state index contributed by atoms with van der Waals surface area (Å²) < 4.78 is 0. The molecule has 5 atom stereocenters. The van der Waals surface area contributed by atoms with Crippen molar-refractivity contribution in [2.75, 3.05) is 5.75 Å². The van der Waals surface area contributed by atoms with Gasteiger partial charge in [0.25, 0.3) is 0 Å². The topological polar surface area (TPSA) is 245 Å². The van der Waals surface area contributed by atoms with Crippen molar-refractivity contribution in [3.05, 3.63) is 0 Å². The lowest BCUT2D eigenvalue weighted by molar-refractivity contribution is -0.142. The molecule has 182 valence electrons. The molecule has 0 radical (unpaired) electrons. The van der Waals surface area contributed by atoms with Gasteiger partial charge in [-0.05, 0) is 19.8 Å². The molecule has 3 amide bonds. The number of aliphatic hydroxyl groups excluding tert-OH is 1. The van der Waals surface area contributed by atoms with E-state index >= 15 is 0 Å². The number of carbonyl (C=O) groups excluding carboxylic acids is 3. The molecule has 0 heterocycles. The van der Waals surface area contributed by atoms with Crippen LogP contribution < -0.4 is 21.7 Å². The molecule has 15 heteroatoms. The standard InChI is InChI=1S/C17H28N4O10S/c1-7(22)13(21-14(27)8(18)2-4-11(23)24)16(29)19-9(3-5-12(25)26)15(28)20-10(6-32)17(30)31/h7-10,13,22,32H,2-6,18H2,1H3,(H,19,29)(H,20,28)(H,21,27)(H,23,24)(H,25,26)(H,30,31). The van der Waals surface area contributed by atoms with Crippen molar-refractivity contribution < 1.29 is 49.2 Å². The number of thiol groups is 1. The van der Waals surface area contributed by atoms with Crippen molar-refractivity contribution in [2.45, 2.75) is 62.9 Å². The molecule has 0 aliphatic carbocycles. The minimum atomic E-state index is -1.61. The Morgan fingerprint density at radius 2 is 1.31 bits per heavy atom. The van der Waals surface area contributed by atoms with E-state index in [2.05, 4.69) is 28.6 Å². The first-order valence-electron chi connectivity index (χ1n) is 9.42. The van der Waals surface area contributed by atoms with Crippen molar-refractivity contribution in [2.24, 2.45) is 5.73 Å². The number of carboxylic acids is 3. The predicted octanol–water partition coefficient (Wildman–Crippen LogP) is -3.11. The molecular formula is C17H28N4O10S. The Hall–Kier alpha value is -2.91. The number of amides is 3. The van der Waals surface area contributed by atoms with Crippen LogP contribution in [0.2, 0.25) is 0 Å². The van der Waals surface area contributed by atoms with Crippen LogP contribution >= 0.6 is 12.6 Å². The Balaban J connectivity index is 5.37. The highest BCUT2D eigenvalue weighted by Crippen LogP contribution is 2.04. The van der Waals surface area contributed by atoms with Crippen molar-refractivity contribution in [1.82, 2.24) is 16.0 Å². The zero-order valence-electron chi connectivity index (χ0n) is 17.2. The number of aliphatic hydroxyl groups is 1. The molecule has 32 heavy (non-hydrogen) atoms. The van der Waals surface area contributed by atoms with E-state index in [1.54, 1.807) is 0 Å². The molecule has 0 aromatic carbocycles. The van der Waals surface area contributed by atoms with Crippen molar-refractivity contribution in [3.8, 4) is 0 Å². The van der Waals surface area contributed by atoms with Crippen LogP contribution in [0.3, 0.4) is 0 Å². The van der Waals surface area contributed by atoms with E-state index in [1.807, 2.05) is 0 Å². The lowest BCUT2D eigenvalue weighted by Crippen LogP contribution is -2.60. The summed E-state index contributed by atoms with van der Waals surface area (Å²) in [6.45, 7) is 1.15. The van der Waals surface area contributed by atoms with E-state index in [0.29, 0.717) is 0 Å². The Morgan fingerprint density at radius 3 is 1.75 bits per heavy atom.